The number of allylic oxidation sites excluding steroid dienone is 5. The Labute approximate surface area is 69.3 Å². The number of hydrogen-bond donors (Lipinski definition) is 0. The fourth-order valence-corrected chi connectivity index (χ4v) is 1.25. The average molecular weight is 148 g/mol. The summed E-state index contributed by atoms with van der Waals surface area (Å²) in [6.45, 7) is 8.21. The molecular weight excluding hydrogens is 132 g/mol. The highest BCUT2D eigenvalue weighted by Crippen LogP contribution is 2.19. The first kappa shape index (κ1) is 8.32. The van der Waals surface area contributed by atoms with Crippen LogP contribution in [0.4, 0.5) is 0 Å². The normalized spacial score (nSPS) is 23.1. The van der Waals surface area contributed by atoms with Crippen molar-refractivity contribution in [3.8, 4) is 0 Å². The van der Waals surface area contributed by atoms with Crippen LogP contribution < -0.4 is 0 Å². The van der Waals surface area contributed by atoms with Crippen LogP contribution >= 0.6 is 0 Å². The van der Waals surface area contributed by atoms with Crippen molar-refractivity contribution in [1.82, 2.24) is 0 Å². The van der Waals surface area contributed by atoms with Crippen LogP contribution in [0, 0.1) is 5.92 Å². The van der Waals surface area contributed by atoms with Gasteiger partial charge >= 0.3 is 0 Å². The van der Waals surface area contributed by atoms with Crippen molar-refractivity contribution >= 4 is 0 Å². The van der Waals surface area contributed by atoms with Gasteiger partial charge in [-0.05, 0) is 31.3 Å². The van der Waals surface area contributed by atoms with Gasteiger partial charge in [-0.15, -0.1) is 0 Å². The quantitative estimate of drug-likeness (QED) is 0.526. The van der Waals surface area contributed by atoms with E-state index < -0.39 is 0 Å². The van der Waals surface area contributed by atoms with Gasteiger partial charge in [-0.1, -0.05) is 37.3 Å². The second-order valence-electron chi connectivity index (χ2n) is 3.49. The van der Waals surface area contributed by atoms with Crippen molar-refractivity contribution in [3.63, 3.8) is 0 Å². The molecule has 0 nitrogen and oxygen atoms in total. The van der Waals surface area contributed by atoms with Crippen LogP contribution in [-0.4, -0.2) is 0 Å². The van der Waals surface area contributed by atoms with Gasteiger partial charge in [0.25, 0.3) is 0 Å². The zero-order chi connectivity index (χ0) is 8.27. The van der Waals surface area contributed by atoms with Crippen LogP contribution in [0.2, 0.25) is 0 Å². The third-order valence-electron chi connectivity index (χ3n) is 1.90. The van der Waals surface area contributed by atoms with Crippen molar-refractivity contribution in [2.24, 2.45) is 5.92 Å². The monoisotopic (exact) mass is 148 g/mol. The fourth-order valence-electron chi connectivity index (χ4n) is 1.25. The molecule has 0 saturated heterocycles. The molecule has 1 aliphatic carbocycles. The van der Waals surface area contributed by atoms with Gasteiger partial charge in [0, 0.05) is 0 Å². The van der Waals surface area contributed by atoms with E-state index >= 15 is 0 Å². The van der Waals surface area contributed by atoms with Crippen LogP contribution in [0.3, 0.4) is 0 Å². The van der Waals surface area contributed by atoms with Crippen LogP contribution in [0.5, 0.6) is 0 Å². The van der Waals surface area contributed by atoms with Crippen molar-refractivity contribution in [1.29, 1.82) is 0 Å². The Bertz CT molecular complexity index is 206. The van der Waals surface area contributed by atoms with Crippen LogP contribution in [0.25, 0.3) is 0 Å². The van der Waals surface area contributed by atoms with Gasteiger partial charge in [-0.3, -0.25) is 0 Å². The molecular formula is C11H16. The molecule has 0 saturated carbocycles. The molecule has 1 unspecified atom stereocenters. The molecule has 0 heteroatoms. The van der Waals surface area contributed by atoms with Crippen molar-refractivity contribution < 1.29 is 0 Å². The molecule has 0 aromatic rings. The van der Waals surface area contributed by atoms with E-state index in [9.17, 15) is 0 Å². The topological polar surface area (TPSA) is 0 Å². The van der Waals surface area contributed by atoms with Gasteiger partial charge in [0.1, 0.15) is 0 Å². The lowest BCUT2D eigenvalue weighted by Gasteiger charge is -2.11. The standard InChI is InChI=1S/C11H16/c1-9(2)8-11-6-4-10(3)5-7-11/h4,6-7,10H,1,5,8H2,2-3H3. The molecule has 1 rings (SSSR count). The molecule has 0 aromatic carbocycles. The SMILES string of the molecule is C=C(C)CC1=CCC(C)C=C1. The smallest absolute Gasteiger partial charge is 0.00758 e. The molecule has 0 aliphatic heterocycles. The summed E-state index contributed by atoms with van der Waals surface area (Å²) in [4.78, 5) is 0. The zero-order valence-electron chi connectivity index (χ0n) is 7.43. The Kier molecular flexibility index (Phi) is 2.70. The summed E-state index contributed by atoms with van der Waals surface area (Å²) in [6.07, 6.45) is 9.06. The lowest BCUT2D eigenvalue weighted by atomic mass is 9.95. The van der Waals surface area contributed by atoms with E-state index in [1.807, 2.05) is 0 Å². The predicted molar refractivity (Wildman–Crippen MR) is 50.4 cm³/mol. The van der Waals surface area contributed by atoms with E-state index in [2.05, 4.69) is 38.7 Å². The minimum atomic E-state index is 0.726. The first-order valence-corrected chi connectivity index (χ1v) is 4.20. The largest absolute Gasteiger partial charge is 0.0998 e. The molecule has 0 N–H and O–H groups in total. The molecule has 0 amide bonds. The third kappa shape index (κ3) is 2.75. The minimum absolute atomic E-state index is 0.726. The summed E-state index contributed by atoms with van der Waals surface area (Å²) in [6, 6.07) is 0. The summed E-state index contributed by atoms with van der Waals surface area (Å²) in [7, 11) is 0. The van der Waals surface area contributed by atoms with E-state index in [1.54, 1.807) is 0 Å². The average Bonchev–Trinajstić information content (AvgIpc) is 1.93. The highest BCUT2D eigenvalue weighted by Gasteiger charge is 2.02. The van der Waals surface area contributed by atoms with E-state index in [0.29, 0.717) is 0 Å². The molecule has 1 aliphatic rings. The highest BCUT2D eigenvalue weighted by molar-refractivity contribution is 5.27. The molecule has 0 aromatic heterocycles. The van der Waals surface area contributed by atoms with E-state index in [4.69, 9.17) is 0 Å². The van der Waals surface area contributed by atoms with E-state index in [1.165, 1.54) is 17.6 Å². The fraction of sp³-hybridized carbons (Fsp3) is 0.455. The first-order valence-electron chi connectivity index (χ1n) is 4.20. The van der Waals surface area contributed by atoms with Gasteiger partial charge in [-0.25, -0.2) is 0 Å². The lowest BCUT2D eigenvalue weighted by molar-refractivity contribution is 0.728. The van der Waals surface area contributed by atoms with Gasteiger partial charge < -0.3 is 0 Å². The maximum Gasteiger partial charge on any atom is -0.00758 e. The summed E-state index contributed by atoms with van der Waals surface area (Å²) in [5, 5.41) is 0. The van der Waals surface area contributed by atoms with Gasteiger partial charge in [-0.2, -0.15) is 0 Å². The highest BCUT2D eigenvalue weighted by atomic mass is 14.1. The Morgan fingerprint density at radius 3 is 2.91 bits per heavy atom. The lowest BCUT2D eigenvalue weighted by Crippen LogP contribution is -1.94. The van der Waals surface area contributed by atoms with E-state index in [-0.39, 0.29) is 0 Å². The van der Waals surface area contributed by atoms with Crippen molar-refractivity contribution in [2.45, 2.75) is 26.7 Å². The maximum absolute atomic E-state index is 3.89. The third-order valence-corrected chi connectivity index (χ3v) is 1.90. The zero-order valence-corrected chi connectivity index (χ0v) is 7.43. The molecule has 60 valence electrons. The molecule has 0 bridgehead atoms. The van der Waals surface area contributed by atoms with Crippen LogP contribution in [0.1, 0.15) is 26.7 Å². The summed E-state index contributed by atoms with van der Waals surface area (Å²) in [5.41, 5.74) is 2.67. The van der Waals surface area contributed by atoms with Gasteiger partial charge in [0.15, 0.2) is 0 Å². The minimum Gasteiger partial charge on any atom is -0.0998 e. The Morgan fingerprint density at radius 1 is 1.73 bits per heavy atom. The van der Waals surface area contributed by atoms with Crippen molar-refractivity contribution in [3.05, 3.63) is 36.0 Å². The number of hydrogen-bond acceptors (Lipinski definition) is 0. The number of rotatable bonds is 2. The molecule has 1 atom stereocenters. The maximum atomic E-state index is 3.89. The Balaban J connectivity index is 2.50. The van der Waals surface area contributed by atoms with Crippen molar-refractivity contribution in [2.75, 3.05) is 0 Å². The predicted octanol–water partition coefficient (Wildman–Crippen LogP) is 3.48. The Hall–Kier alpha value is -0.780. The summed E-state index contributed by atoms with van der Waals surface area (Å²) < 4.78 is 0. The second kappa shape index (κ2) is 3.56. The molecule has 0 fully saturated rings. The molecule has 11 heavy (non-hydrogen) atoms. The second-order valence-corrected chi connectivity index (χ2v) is 3.49. The molecule has 0 spiro atoms. The van der Waals surface area contributed by atoms with Crippen LogP contribution in [-0.2, 0) is 0 Å². The molecule has 0 heterocycles. The van der Waals surface area contributed by atoms with Gasteiger partial charge in [0.05, 0.1) is 0 Å². The van der Waals surface area contributed by atoms with Gasteiger partial charge in [0.2, 0.25) is 0 Å². The molecule has 0 radical (unpaired) electrons. The summed E-state index contributed by atoms with van der Waals surface area (Å²) in [5.74, 6) is 0.726. The Morgan fingerprint density at radius 2 is 2.45 bits per heavy atom. The first-order chi connectivity index (χ1) is 5.18. The summed E-state index contributed by atoms with van der Waals surface area (Å²) >= 11 is 0. The van der Waals surface area contributed by atoms with E-state index in [0.717, 1.165) is 12.3 Å². The van der Waals surface area contributed by atoms with Crippen LogP contribution in [0.15, 0.2) is 36.0 Å².